The van der Waals surface area contributed by atoms with Crippen LogP contribution in [0.4, 0.5) is 4.39 Å². The zero-order valence-electron chi connectivity index (χ0n) is 28.3. The molecule has 0 unspecified atom stereocenters. The van der Waals surface area contributed by atoms with Crippen LogP contribution >= 0.6 is 11.3 Å². The Morgan fingerprint density at radius 1 is 0.911 bits per heavy atom. The minimum Gasteiger partial charge on any atom is -0.305 e. The van der Waals surface area contributed by atoms with Crippen LogP contribution in [-0.4, -0.2) is 23.2 Å². The van der Waals surface area contributed by atoms with Gasteiger partial charge in [-0.05, 0) is 39.9 Å². The number of pyridine rings is 2. The van der Waals surface area contributed by atoms with Gasteiger partial charge in [-0.2, -0.15) is 11.3 Å². The van der Waals surface area contributed by atoms with E-state index in [0.29, 0.717) is 5.41 Å². The smallest absolute Gasteiger partial charge is 0.124 e. The van der Waals surface area contributed by atoms with Gasteiger partial charge in [0.15, 0.2) is 0 Å². The maximum absolute atomic E-state index is 13.5. The summed E-state index contributed by atoms with van der Waals surface area (Å²) in [7, 11) is 0. The summed E-state index contributed by atoms with van der Waals surface area (Å²) < 4.78 is 25.3. The molecule has 235 valence electrons. The number of aromatic nitrogens is 2. The number of benzene rings is 3. The van der Waals surface area contributed by atoms with E-state index in [1.54, 1.807) is 23.6 Å². The third-order valence-electron chi connectivity index (χ3n) is 7.49. The van der Waals surface area contributed by atoms with Gasteiger partial charge < -0.3 is 4.98 Å². The first-order chi connectivity index (χ1) is 21.1. The van der Waals surface area contributed by atoms with E-state index in [0.717, 1.165) is 54.7 Å². The molecule has 6 aromatic rings. The molecular weight excluding hydrogens is 812 g/mol. The molecule has 0 atom stereocenters. The molecule has 2 nitrogen and oxygen atoms in total. The van der Waals surface area contributed by atoms with E-state index in [2.05, 4.69) is 73.5 Å². The van der Waals surface area contributed by atoms with Gasteiger partial charge in [0.25, 0.3) is 0 Å². The van der Waals surface area contributed by atoms with Gasteiger partial charge in [-0.3, -0.25) is 0 Å². The van der Waals surface area contributed by atoms with Crippen LogP contribution in [0.25, 0.3) is 42.7 Å². The Hall–Kier alpha value is -2.70. The van der Waals surface area contributed by atoms with Crippen molar-refractivity contribution in [3.8, 4) is 22.5 Å². The molecular formula is C39H41FGeIrN2S-2. The Morgan fingerprint density at radius 2 is 1.69 bits per heavy atom. The number of rotatable bonds is 5. The van der Waals surface area contributed by atoms with Crippen LogP contribution in [0.15, 0.2) is 85.2 Å². The Balaban J connectivity index is 0.000000207. The molecule has 1 radical (unpaired) electrons. The molecule has 0 aliphatic carbocycles. The Morgan fingerprint density at radius 3 is 2.36 bits per heavy atom. The van der Waals surface area contributed by atoms with Crippen LogP contribution in [-0.2, 0) is 26.5 Å². The van der Waals surface area contributed by atoms with Crippen LogP contribution in [0.1, 0.15) is 53.0 Å². The van der Waals surface area contributed by atoms with E-state index in [1.165, 1.54) is 16.0 Å². The molecule has 0 saturated heterocycles. The normalized spacial score (nSPS) is 12.3. The second kappa shape index (κ2) is 14.4. The van der Waals surface area contributed by atoms with Crippen molar-refractivity contribution in [3.05, 3.63) is 114 Å². The molecule has 0 spiro atoms. The quantitative estimate of drug-likeness (QED) is 0.128. The Labute approximate surface area is 289 Å². The van der Waals surface area contributed by atoms with E-state index in [-0.39, 0.29) is 25.9 Å². The average Bonchev–Trinajstić information content (AvgIpc) is 3.34. The van der Waals surface area contributed by atoms with Crippen molar-refractivity contribution in [2.45, 2.75) is 64.2 Å². The van der Waals surface area contributed by atoms with Crippen molar-refractivity contribution in [3.63, 3.8) is 0 Å². The van der Waals surface area contributed by atoms with Crippen LogP contribution < -0.4 is 4.40 Å². The summed E-state index contributed by atoms with van der Waals surface area (Å²) in [5.41, 5.74) is 6.51. The third-order valence-corrected chi connectivity index (χ3v) is 13.0. The number of halogens is 1. The van der Waals surface area contributed by atoms with Gasteiger partial charge in [0.1, 0.15) is 5.82 Å². The van der Waals surface area contributed by atoms with Crippen molar-refractivity contribution < 1.29 is 25.9 Å². The SMILES string of the molecule is CC(C)(C)Cc1cc(-c2[c-]cccc2)nc[c]1[Ge]([CH3])([CH3])[CH3].[2H]C(C)(C)c1ccnc(-c2[c-]ccc3c2sc2cc(F)ccc23)c1.[Ir]. The zero-order valence-corrected chi connectivity index (χ0v) is 32.6. The number of thiophene rings is 1. The first-order valence-corrected chi connectivity index (χ1v) is 23.2. The van der Waals surface area contributed by atoms with E-state index >= 15 is 0 Å². The van der Waals surface area contributed by atoms with Crippen LogP contribution in [0.2, 0.25) is 17.3 Å². The fourth-order valence-corrected chi connectivity index (χ4v) is 9.91. The third kappa shape index (κ3) is 8.57. The first kappa shape index (κ1) is 33.7. The number of hydrogen-bond acceptors (Lipinski definition) is 3. The molecule has 0 fully saturated rings. The van der Waals surface area contributed by atoms with Crippen molar-refractivity contribution in [2.75, 3.05) is 0 Å². The fraction of sp³-hybridized carbons (Fsp3) is 0.282. The van der Waals surface area contributed by atoms with Gasteiger partial charge in [0.05, 0.1) is 0 Å². The van der Waals surface area contributed by atoms with E-state index in [4.69, 9.17) is 6.35 Å². The second-order valence-electron chi connectivity index (χ2n) is 13.8. The molecule has 3 heterocycles. The molecule has 6 heteroatoms. The van der Waals surface area contributed by atoms with Crippen LogP contribution in [0.3, 0.4) is 0 Å². The van der Waals surface area contributed by atoms with Crippen molar-refractivity contribution in [2.24, 2.45) is 5.41 Å². The standard InChI is InChI=1S/C20H15FNS.C19H26GeN.Ir/c1-12(2)13-8-9-22-18(10-13)17-5-3-4-16-15-7-6-14(21)11-19(15)23-20(16)17;1-19(2,3)13-16-12-18(15-10-8-7-9-11-15)21-14-17(16)20(4,5)6;/h3-4,6-12H,1-2H3;7-10,12,14H,13H2,1-6H3;/q2*-1;/i12D;;. The summed E-state index contributed by atoms with van der Waals surface area (Å²) in [5, 5.41) is 2.13. The van der Waals surface area contributed by atoms with E-state index < -0.39 is 19.2 Å². The van der Waals surface area contributed by atoms with Crippen molar-refractivity contribution in [1.82, 2.24) is 9.97 Å². The molecule has 0 bridgehead atoms. The van der Waals surface area contributed by atoms with Gasteiger partial charge in [-0.15, -0.1) is 23.8 Å². The van der Waals surface area contributed by atoms with E-state index in [1.807, 2.05) is 62.4 Å². The summed E-state index contributed by atoms with van der Waals surface area (Å²) >= 11 is -0.344. The molecule has 45 heavy (non-hydrogen) atoms. The summed E-state index contributed by atoms with van der Waals surface area (Å²) in [4.78, 5) is 9.20. The zero-order chi connectivity index (χ0) is 32.6. The van der Waals surface area contributed by atoms with Gasteiger partial charge in [0.2, 0.25) is 0 Å². The minimum atomic E-state index is -1.90. The van der Waals surface area contributed by atoms with Crippen molar-refractivity contribution in [1.29, 1.82) is 0 Å². The molecule has 0 N–H and O–H groups in total. The Kier molecular flexibility index (Phi) is 10.8. The van der Waals surface area contributed by atoms with Gasteiger partial charge in [0, 0.05) is 32.4 Å². The molecule has 0 amide bonds. The maximum atomic E-state index is 13.5. The van der Waals surface area contributed by atoms with Gasteiger partial charge in [-0.25, -0.2) is 4.39 Å². The average molecular weight is 855 g/mol. The van der Waals surface area contributed by atoms with Crippen LogP contribution in [0.5, 0.6) is 0 Å². The van der Waals surface area contributed by atoms with Crippen LogP contribution in [0, 0.1) is 23.4 Å². The Bertz CT molecular complexity index is 1950. The molecule has 0 aliphatic heterocycles. The minimum absolute atomic E-state index is 0. The predicted molar refractivity (Wildman–Crippen MR) is 190 cm³/mol. The monoisotopic (exact) mass is 856 g/mol. The summed E-state index contributed by atoms with van der Waals surface area (Å²) in [6, 6.07) is 29.5. The largest absolute Gasteiger partial charge is 0.305 e. The number of nitrogens with zero attached hydrogens (tertiary/aromatic N) is 2. The summed E-state index contributed by atoms with van der Waals surface area (Å²) in [6.45, 7) is 10.6. The molecule has 0 aliphatic rings. The van der Waals surface area contributed by atoms with E-state index in [9.17, 15) is 4.39 Å². The number of hydrogen-bond donors (Lipinski definition) is 0. The molecule has 0 saturated carbocycles. The van der Waals surface area contributed by atoms with Gasteiger partial charge in [-0.1, -0.05) is 36.9 Å². The maximum Gasteiger partial charge on any atom is 0.124 e. The number of fused-ring (bicyclic) bond motifs is 3. The summed E-state index contributed by atoms with van der Waals surface area (Å²) in [6.07, 6.45) is 4.98. The topological polar surface area (TPSA) is 25.8 Å². The first-order valence-electron chi connectivity index (χ1n) is 15.6. The molecule has 6 rings (SSSR count). The van der Waals surface area contributed by atoms with Crippen molar-refractivity contribution >= 4 is 49.2 Å². The van der Waals surface area contributed by atoms with Gasteiger partial charge >= 0.3 is 132 Å². The molecule has 3 aromatic carbocycles. The second-order valence-corrected chi connectivity index (χ2v) is 25.4. The fourth-order valence-electron chi connectivity index (χ4n) is 5.37. The summed E-state index contributed by atoms with van der Waals surface area (Å²) in [5.74, 6) is 6.41. The molecule has 3 aromatic heterocycles. The predicted octanol–water partition coefficient (Wildman–Crippen LogP) is 10.9.